The van der Waals surface area contributed by atoms with Crippen molar-refractivity contribution in [1.29, 1.82) is 0 Å². The number of hydrogen-bond acceptors (Lipinski definition) is 6. The summed E-state index contributed by atoms with van der Waals surface area (Å²) in [5, 5.41) is 25.4. The van der Waals surface area contributed by atoms with E-state index in [1.807, 2.05) is 140 Å². The molecule has 2 unspecified atom stereocenters. The summed E-state index contributed by atoms with van der Waals surface area (Å²) in [5.74, 6) is 0.403. The van der Waals surface area contributed by atoms with Crippen LogP contribution in [0.25, 0.3) is 0 Å². The molecule has 6 nitrogen and oxygen atoms in total. The van der Waals surface area contributed by atoms with E-state index < -0.39 is 41.9 Å². The van der Waals surface area contributed by atoms with Crippen LogP contribution < -0.4 is 4.74 Å². The van der Waals surface area contributed by atoms with Gasteiger partial charge >= 0.3 is 0 Å². The molecule has 2 saturated carbocycles. The molecule has 0 heterocycles. The van der Waals surface area contributed by atoms with E-state index in [0.29, 0.717) is 37.7 Å². The van der Waals surface area contributed by atoms with E-state index in [0.717, 1.165) is 39.1 Å². The third-order valence-corrected chi connectivity index (χ3v) is 10.8. The molecule has 0 radical (unpaired) electrons. The van der Waals surface area contributed by atoms with E-state index in [2.05, 4.69) is 0 Å². The summed E-state index contributed by atoms with van der Waals surface area (Å²) >= 11 is 6.86. The molecule has 2 aliphatic rings. The first-order chi connectivity index (χ1) is 25.0. The molecule has 2 N–H and O–H groups in total. The van der Waals surface area contributed by atoms with Gasteiger partial charge in [0.1, 0.15) is 18.0 Å². The summed E-state index contributed by atoms with van der Waals surface area (Å²) in [6, 6.07) is 43.8. The fourth-order valence-electron chi connectivity index (χ4n) is 8.02. The van der Waals surface area contributed by atoms with Gasteiger partial charge < -0.3 is 29.2 Å². The lowest BCUT2D eigenvalue weighted by atomic mass is 9.63. The lowest BCUT2D eigenvalue weighted by Gasteiger charge is -2.52. The Balaban J connectivity index is 1.29. The Kier molecular flexibility index (Phi) is 11.2. The summed E-state index contributed by atoms with van der Waals surface area (Å²) in [4.78, 5) is 0. The zero-order valence-corrected chi connectivity index (χ0v) is 29.6. The van der Waals surface area contributed by atoms with Crippen molar-refractivity contribution in [3.05, 3.63) is 172 Å². The normalized spacial score (nSPS) is 25.5. The second-order valence-electron chi connectivity index (χ2n) is 13.6. The number of hydrogen-bond donors (Lipinski definition) is 2. The van der Waals surface area contributed by atoms with Crippen LogP contribution in [0.5, 0.6) is 5.75 Å². The Morgan fingerprint density at radius 3 is 1.76 bits per heavy atom. The average molecular weight is 705 g/mol. The molecular formula is C44H45ClO6. The van der Waals surface area contributed by atoms with Crippen molar-refractivity contribution in [2.24, 2.45) is 5.92 Å². The number of benzene rings is 5. The van der Waals surface area contributed by atoms with E-state index in [1.165, 1.54) is 0 Å². The van der Waals surface area contributed by atoms with Crippen molar-refractivity contribution in [1.82, 2.24) is 0 Å². The maximum absolute atomic E-state index is 12.5. The quantitative estimate of drug-likeness (QED) is 0.122. The summed E-state index contributed by atoms with van der Waals surface area (Å²) in [5.41, 5.74) is 4.52. The molecule has 0 spiro atoms. The number of ether oxygens (including phenoxy) is 4. The molecule has 7 atom stereocenters. The first-order valence-corrected chi connectivity index (χ1v) is 18.2. The van der Waals surface area contributed by atoms with Gasteiger partial charge in [0, 0.05) is 10.9 Å². The number of aliphatic hydroxyl groups excluding tert-OH is 2. The Hall–Kier alpha value is -4.01. The minimum Gasteiger partial charge on any atom is -0.494 e. The van der Waals surface area contributed by atoms with Crippen molar-refractivity contribution < 1.29 is 29.2 Å². The lowest BCUT2D eigenvalue weighted by Crippen LogP contribution is -2.66. The monoisotopic (exact) mass is 704 g/mol. The van der Waals surface area contributed by atoms with Crippen LogP contribution in [0.2, 0.25) is 5.02 Å². The van der Waals surface area contributed by atoms with Crippen LogP contribution in [-0.2, 0) is 45.9 Å². The summed E-state index contributed by atoms with van der Waals surface area (Å²) in [7, 11) is 0. The average Bonchev–Trinajstić information content (AvgIpc) is 3.36. The zero-order chi connectivity index (χ0) is 35.2. The van der Waals surface area contributed by atoms with E-state index in [9.17, 15) is 10.2 Å². The zero-order valence-electron chi connectivity index (χ0n) is 28.8. The van der Waals surface area contributed by atoms with Crippen LogP contribution >= 0.6 is 11.6 Å². The second kappa shape index (κ2) is 16.1. The highest BCUT2D eigenvalue weighted by molar-refractivity contribution is 6.31. The molecule has 0 aromatic heterocycles. The molecular weight excluding hydrogens is 660 g/mol. The Labute approximate surface area is 305 Å². The fourth-order valence-corrected chi connectivity index (χ4v) is 8.20. The van der Waals surface area contributed by atoms with Gasteiger partial charge in [0.25, 0.3) is 0 Å². The smallest absolute Gasteiger partial charge is 0.119 e. The van der Waals surface area contributed by atoms with Crippen molar-refractivity contribution in [3.63, 3.8) is 0 Å². The van der Waals surface area contributed by atoms with Crippen LogP contribution in [0.3, 0.4) is 0 Å². The summed E-state index contributed by atoms with van der Waals surface area (Å²) in [6.45, 7) is 3.48. The highest BCUT2D eigenvalue weighted by Crippen LogP contribution is 2.56. The minimum absolute atomic E-state index is 0.264. The van der Waals surface area contributed by atoms with Crippen molar-refractivity contribution >= 4 is 11.6 Å². The van der Waals surface area contributed by atoms with E-state index in [1.54, 1.807) is 0 Å². The van der Waals surface area contributed by atoms with Gasteiger partial charge in [0.05, 0.1) is 50.2 Å². The predicted molar refractivity (Wildman–Crippen MR) is 199 cm³/mol. The van der Waals surface area contributed by atoms with Gasteiger partial charge in [0.2, 0.25) is 0 Å². The molecule has 2 fully saturated rings. The van der Waals surface area contributed by atoms with Crippen LogP contribution in [0.15, 0.2) is 133 Å². The molecule has 0 amide bonds. The lowest BCUT2D eigenvalue weighted by molar-refractivity contribution is -0.232. The van der Waals surface area contributed by atoms with Crippen molar-refractivity contribution in [3.8, 4) is 5.75 Å². The molecule has 2 bridgehead atoms. The largest absolute Gasteiger partial charge is 0.494 e. The molecule has 5 aromatic carbocycles. The van der Waals surface area contributed by atoms with Crippen molar-refractivity contribution in [2.45, 2.75) is 75.5 Å². The fraction of sp³-hybridized carbons (Fsp3) is 0.318. The maximum Gasteiger partial charge on any atom is 0.119 e. The number of rotatable bonds is 14. The summed E-state index contributed by atoms with van der Waals surface area (Å²) < 4.78 is 26.2. The Morgan fingerprint density at radius 2 is 1.20 bits per heavy atom. The number of fused-ring (bicyclic) bond motifs is 2. The van der Waals surface area contributed by atoms with Gasteiger partial charge in [0.15, 0.2) is 0 Å². The minimum atomic E-state index is -1.22. The van der Waals surface area contributed by atoms with Gasteiger partial charge in [-0.1, -0.05) is 127 Å². The van der Waals surface area contributed by atoms with E-state index >= 15 is 0 Å². The highest BCUT2D eigenvalue weighted by atomic mass is 35.5. The predicted octanol–water partition coefficient (Wildman–Crippen LogP) is 8.08. The number of aliphatic hydroxyl groups is 2. The first-order valence-electron chi connectivity index (χ1n) is 17.8. The second-order valence-corrected chi connectivity index (χ2v) is 14.0. The molecule has 7 rings (SSSR count). The van der Waals surface area contributed by atoms with Crippen LogP contribution in [0.4, 0.5) is 0 Å². The molecule has 7 heteroatoms. The third-order valence-electron chi connectivity index (χ3n) is 10.5. The van der Waals surface area contributed by atoms with Crippen LogP contribution in [0.1, 0.15) is 46.7 Å². The first kappa shape index (κ1) is 35.4. The molecule has 0 saturated heterocycles. The van der Waals surface area contributed by atoms with Gasteiger partial charge in [-0.2, -0.15) is 0 Å². The maximum atomic E-state index is 12.5. The van der Waals surface area contributed by atoms with Crippen LogP contribution in [0, 0.1) is 5.92 Å². The van der Waals surface area contributed by atoms with Gasteiger partial charge in [-0.25, -0.2) is 0 Å². The standard InChI is InChI=1S/C44H45ClO6/c1-2-48-36-21-18-30(19-22-36)24-34-25-35(20-23-38(34)45)44-39(46)26-37(42(44)47)40(49-27-31-12-6-3-7-13-31)41(50-28-32-14-8-4-9-15-32)43(44)51-29-33-16-10-5-11-17-33/h3-23,25,37,39-43,46-47H,2,24,26-29H2,1H3/t37-,39?,40-,41-,42?,43-,44-/m0/s1. The molecule has 5 aromatic rings. The molecule has 0 aliphatic heterocycles. The van der Waals surface area contributed by atoms with E-state index in [4.69, 9.17) is 30.5 Å². The molecule has 2 aliphatic carbocycles. The SMILES string of the molecule is CCOc1ccc(Cc2cc([C@]34C(O)C[C@H](C3O)[C@H](OCc3ccccc3)[C@H](OCc3ccccc3)[C@@H]4OCc3ccccc3)ccc2Cl)cc1. The van der Waals surface area contributed by atoms with Gasteiger partial charge in [-0.05, 0) is 71.3 Å². The summed E-state index contributed by atoms with van der Waals surface area (Å²) in [6.07, 6.45) is -2.97. The van der Waals surface area contributed by atoms with Crippen molar-refractivity contribution in [2.75, 3.05) is 6.61 Å². The number of halogens is 1. The highest BCUT2D eigenvalue weighted by Gasteiger charge is 2.69. The topological polar surface area (TPSA) is 77.4 Å². The van der Waals surface area contributed by atoms with Crippen LogP contribution in [-0.4, -0.2) is 47.3 Å². The molecule has 51 heavy (non-hydrogen) atoms. The van der Waals surface area contributed by atoms with Gasteiger partial charge in [-0.15, -0.1) is 0 Å². The third kappa shape index (κ3) is 7.49. The van der Waals surface area contributed by atoms with Gasteiger partial charge in [-0.3, -0.25) is 0 Å². The molecule has 264 valence electrons. The Morgan fingerprint density at radius 1 is 0.647 bits per heavy atom. The van der Waals surface area contributed by atoms with E-state index in [-0.39, 0.29) is 6.61 Å². The Bertz CT molecular complexity index is 1840.